The second-order valence-electron chi connectivity index (χ2n) is 15.1. The SMILES string of the molecule is CO[C@H]1/C=C/C[C@H](C)C[S@@](=O)(NC(=O)COC2CCOCC2)=NC(=O)C2=CC=C3OCC[C@@H]4C#C[C@@H]4c4cc(Cl)ccc4CN(C[C@@H]4CC[C@H]41)C3C2. The Morgan fingerprint density at radius 3 is 2.73 bits per heavy atom. The highest BCUT2D eigenvalue weighted by Crippen LogP contribution is 2.42. The van der Waals surface area contributed by atoms with Crippen molar-refractivity contribution in [3.05, 3.63) is 70.0 Å². The van der Waals surface area contributed by atoms with Gasteiger partial charge in [-0.15, -0.1) is 4.36 Å². The van der Waals surface area contributed by atoms with Gasteiger partial charge in [-0.1, -0.05) is 48.6 Å². The third kappa shape index (κ3) is 8.69. The maximum absolute atomic E-state index is 14.5. The molecule has 1 unspecified atom stereocenters. The summed E-state index contributed by atoms with van der Waals surface area (Å²) in [5.41, 5.74) is 2.75. The van der Waals surface area contributed by atoms with Crippen LogP contribution in [-0.2, 0) is 45.0 Å². The highest BCUT2D eigenvalue weighted by molar-refractivity contribution is 7.92. The summed E-state index contributed by atoms with van der Waals surface area (Å²) in [6.45, 7) is 4.75. The van der Waals surface area contributed by atoms with Gasteiger partial charge >= 0.3 is 0 Å². The van der Waals surface area contributed by atoms with Gasteiger partial charge in [-0.3, -0.25) is 19.2 Å². The minimum atomic E-state index is -3.49. The van der Waals surface area contributed by atoms with Crippen molar-refractivity contribution in [1.29, 1.82) is 0 Å². The number of rotatable bonds is 5. The predicted octanol–water partition coefficient (Wildman–Crippen LogP) is 5.72. The van der Waals surface area contributed by atoms with Crippen molar-refractivity contribution in [3.8, 4) is 11.8 Å². The van der Waals surface area contributed by atoms with Crippen molar-refractivity contribution in [3.63, 3.8) is 0 Å². The summed E-state index contributed by atoms with van der Waals surface area (Å²) >= 11 is 6.56. The van der Waals surface area contributed by atoms with Crippen LogP contribution in [0.4, 0.5) is 0 Å². The van der Waals surface area contributed by atoms with E-state index in [1.165, 1.54) is 0 Å². The number of halogens is 1. The summed E-state index contributed by atoms with van der Waals surface area (Å²) in [4.78, 5) is 29.6. The van der Waals surface area contributed by atoms with Crippen LogP contribution in [0.2, 0.25) is 5.02 Å². The summed E-state index contributed by atoms with van der Waals surface area (Å²) in [5.74, 6) is 7.27. The van der Waals surface area contributed by atoms with Crippen LogP contribution in [0.1, 0.15) is 68.9 Å². The molecule has 1 saturated carbocycles. The molecule has 0 spiro atoms. The number of methoxy groups -OCH3 is 1. The van der Waals surface area contributed by atoms with Gasteiger partial charge in [0.15, 0.2) is 0 Å². The number of benzene rings is 1. The largest absolute Gasteiger partial charge is 0.496 e. The van der Waals surface area contributed by atoms with E-state index < -0.39 is 21.7 Å². The van der Waals surface area contributed by atoms with Gasteiger partial charge in [0.05, 0.1) is 36.5 Å². The van der Waals surface area contributed by atoms with Gasteiger partial charge in [0, 0.05) is 56.3 Å². The molecule has 12 heteroatoms. The average Bonchev–Trinajstić information content (AvgIpc) is 3.11. The minimum Gasteiger partial charge on any atom is -0.496 e. The van der Waals surface area contributed by atoms with E-state index in [0.717, 1.165) is 42.7 Å². The van der Waals surface area contributed by atoms with Gasteiger partial charge in [0.25, 0.3) is 11.8 Å². The molecule has 6 aliphatic rings. The van der Waals surface area contributed by atoms with E-state index >= 15 is 0 Å². The third-order valence-corrected chi connectivity index (χ3v) is 13.6. The Kier molecular flexibility index (Phi) is 11.9. The van der Waals surface area contributed by atoms with Crippen molar-refractivity contribution in [2.24, 2.45) is 28.0 Å². The number of ether oxygens (including phenoxy) is 4. The van der Waals surface area contributed by atoms with E-state index in [9.17, 15) is 13.8 Å². The summed E-state index contributed by atoms with van der Waals surface area (Å²) in [5, 5.41) is 0.690. The molecule has 1 N–H and O–H groups in total. The third-order valence-electron chi connectivity index (χ3n) is 11.4. The van der Waals surface area contributed by atoms with Crippen LogP contribution in [0.3, 0.4) is 0 Å². The van der Waals surface area contributed by atoms with Crippen molar-refractivity contribution in [2.75, 3.05) is 45.8 Å². The number of nitrogens with one attached hydrogen (secondary N) is 1. The molecule has 3 heterocycles. The molecule has 1 saturated heterocycles. The number of fused-ring (bicyclic) bond motifs is 5. The van der Waals surface area contributed by atoms with Crippen molar-refractivity contribution >= 4 is 33.3 Å². The number of carbonyl (C=O) groups excluding carboxylic acids is 2. The van der Waals surface area contributed by atoms with E-state index in [4.69, 9.17) is 30.5 Å². The maximum atomic E-state index is 14.5. The van der Waals surface area contributed by atoms with Crippen molar-refractivity contribution in [1.82, 2.24) is 9.62 Å². The number of hydrogen-bond donors (Lipinski definition) is 1. The summed E-state index contributed by atoms with van der Waals surface area (Å²) in [6.07, 6.45) is 12.9. The minimum absolute atomic E-state index is 0.0204. The smallest absolute Gasteiger partial charge is 0.282 e. The second kappa shape index (κ2) is 16.6. The van der Waals surface area contributed by atoms with E-state index in [1.807, 2.05) is 19.1 Å². The fourth-order valence-electron chi connectivity index (χ4n) is 8.31. The lowest BCUT2D eigenvalue weighted by Crippen LogP contribution is -2.47. The monoisotopic (exact) mass is 751 g/mol. The molecular weight excluding hydrogens is 702 g/mol. The van der Waals surface area contributed by atoms with Crippen LogP contribution >= 0.6 is 11.6 Å². The predicted molar refractivity (Wildman–Crippen MR) is 199 cm³/mol. The zero-order valence-corrected chi connectivity index (χ0v) is 31.7. The molecule has 280 valence electrons. The van der Waals surface area contributed by atoms with E-state index in [1.54, 1.807) is 13.2 Å². The molecule has 3 aliphatic carbocycles. The van der Waals surface area contributed by atoms with Gasteiger partial charge in [-0.25, -0.2) is 4.21 Å². The fourth-order valence-corrected chi connectivity index (χ4v) is 10.4. The number of carbonyl (C=O) groups is 2. The topological polar surface area (TPSA) is 116 Å². The summed E-state index contributed by atoms with van der Waals surface area (Å²) in [7, 11) is -1.73. The lowest BCUT2D eigenvalue weighted by molar-refractivity contribution is -0.128. The maximum Gasteiger partial charge on any atom is 0.282 e. The first kappa shape index (κ1) is 37.3. The molecular formula is C40H50ClN3O7S. The Balaban J connectivity index is 1.23. The number of nitrogens with zero attached hydrogens (tertiary/aromatic N) is 2. The summed E-state index contributed by atoms with van der Waals surface area (Å²) in [6, 6.07) is 5.85. The van der Waals surface area contributed by atoms with Gasteiger partial charge in [0.2, 0.25) is 0 Å². The summed E-state index contributed by atoms with van der Waals surface area (Å²) < 4.78 is 45.2. The number of amides is 2. The van der Waals surface area contributed by atoms with Crippen LogP contribution in [0.25, 0.3) is 0 Å². The Morgan fingerprint density at radius 1 is 1.13 bits per heavy atom. The Bertz CT molecular complexity index is 1800. The molecule has 10 nitrogen and oxygen atoms in total. The van der Waals surface area contributed by atoms with Gasteiger partial charge in [-0.05, 0) is 91.7 Å². The molecule has 1 aromatic carbocycles. The number of allylic oxidation sites excluding steroid dienone is 3. The Labute approximate surface area is 313 Å². The standard InChI is InChI=1S/C40H50ClN3O7S/c1-26-4-3-5-37(48-2)34-12-8-29(34)22-44-23-30-6-10-31(41)21-35(30)33-11-7-27(33)14-19-50-38-13-9-28(20-36(38)44)40(46)43-52(47,25-26)42-39(45)24-51-32-15-17-49-18-16-32/h3,5-6,9-10,13,21,26-27,29,32-34,36-37H,4,8,12,14-20,22-25H2,1-2H3,(H,42,43,45,46,47)/b5-3+/t26-,27-,29-,33-,34+,36?,37-,52+/m0/s1. The molecule has 52 heavy (non-hydrogen) atoms. The molecule has 3 aliphatic heterocycles. The Hall–Kier alpha value is -2.98. The molecule has 8 atom stereocenters. The van der Waals surface area contributed by atoms with E-state index in [-0.39, 0.29) is 48.4 Å². The van der Waals surface area contributed by atoms with E-state index in [0.29, 0.717) is 74.5 Å². The quantitative estimate of drug-likeness (QED) is 0.300. The lowest BCUT2D eigenvalue weighted by atomic mass is 9.69. The van der Waals surface area contributed by atoms with Crippen LogP contribution in [0.15, 0.2) is 58.2 Å². The van der Waals surface area contributed by atoms with Crippen LogP contribution in [0, 0.1) is 35.5 Å². The first-order chi connectivity index (χ1) is 25.2. The molecule has 2 bridgehead atoms. The van der Waals surface area contributed by atoms with Crippen molar-refractivity contribution in [2.45, 2.75) is 82.6 Å². The van der Waals surface area contributed by atoms with Gasteiger partial charge < -0.3 is 18.9 Å². The zero-order valence-electron chi connectivity index (χ0n) is 30.1. The van der Waals surface area contributed by atoms with Crippen molar-refractivity contribution < 1.29 is 32.7 Å². The highest BCUT2D eigenvalue weighted by Gasteiger charge is 2.41. The van der Waals surface area contributed by atoms with Crippen LogP contribution in [-0.4, -0.2) is 85.0 Å². The first-order valence-electron chi connectivity index (χ1n) is 18.7. The normalized spacial score (nSPS) is 34.6. The number of hydrogen-bond acceptors (Lipinski definition) is 8. The van der Waals surface area contributed by atoms with Crippen LogP contribution in [0.5, 0.6) is 0 Å². The molecule has 2 amide bonds. The molecule has 0 aromatic heterocycles. The molecule has 2 fully saturated rings. The molecule has 1 aromatic rings. The average molecular weight is 752 g/mol. The molecule has 7 rings (SSSR count). The van der Waals surface area contributed by atoms with Gasteiger partial charge in [-0.2, -0.15) is 0 Å². The zero-order chi connectivity index (χ0) is 36.2. The second-order valence-corrected chi connectivity index (χ2v) is 17.5. The molecule has 0 radical (unpaired) electrons. The van der Waals surface area contributed by atoms with Crippen LogP contribution < -0.4 is 4.72 Å². The first-order valence-corrected chi connectivity index (χ1v) is 20.8. The Morgan fingerprint density at radius 2 is 1.98 bits per heavy atom. The lowest BCUT2D eigenvalue weighted by Gasteiger charge is -2.45. The fraction of sp³-hybridized carbons (Fsp3) is 0.600. The van der Waals surface area contributed by atoms with Gasteiger partial charge in [0.1, 0.15) is 22.3 Å². The van der Waals surface area contributed by atoms with E-state index in [2.05, 4.69) is 50.1 Å². The highest BCUT2D eigenvalue weighted by atomic mass is 35.5.